The van der Waals surface area contributed by atoms with E-state index in [0.29, 0.717) is 0 Å². The fourth-order valence-electron chi connectivity index (χ4n) is 1.11. The topological polar surface area (TPSA) is 42.3 Å². The second kappa shape index (κ2) is 2.70. The van der Waals surface area contributed by atoms with Gasteiger partial charge in [0.25, 0.3) is 0 Å². The molecule has 0 aliphatic rings. The normalized spacial score (nSPS) is 10.0. The molecule has 0 aliphatic heterocycles. The fourth-order valence-corrected chi connectivity index (χ4v) is 1.11. The molecule has 12 heavy (non-hydrogen) atoms. The number of para-hydroxylation sites is 1. The second-order valence-corrected chi connectivity index (χ2v) is 2.45. The van der Waals surface area contributed by atoms with Crippen LogP contribution in [-0.4, -0.2) is 4.98 Å². The number of nitroso groups, excluding NO2 is 1. The Morgan fingerprint density at radius 1 is 1.08 bits per heavy atom. The van der Waals surface area contributed by atoms with E-state index in [1.807, 2.05) is 30.3 Å². The first-order valence-electron chi connectivity index (χ1n) is 3.59. The van der Waals surface area contributed by atoms with Crippen LogP contribution in [0.4, 0.5) is 5.82 Å². The molecule has 0 saturated carbocycles. The summed E-state index contributed by atoms with van der Waals surface area (Å²) in [6, 6.07) is 11.0. The first kappa shape index (κ1) is 6.91. The van der Waals surface area contributed by atoms with E-state index < -0.39 is 0 Å². The second-order valence-electron chi connectivity index (χ2n) is 2.45. The summed E-state index contributed by atoms with van der Waals surface area (Å²) in [4.78, 5) is 14.2. The summed E-state index contributed by atoms with van der Waals surface area (Å²) < 4.78 is 0. The molecular weight excluding hydrogens is 152 g/mol. The third kappa shape index (κ3) is 1.05. The summed E-state index contributed by atoms with van der Waals surface area (Å²) in [7, 11) is 0. The number of aromatic nitrogens is 1. The smallest absolute Gasteiger partial charge is 0.197 e. The van der Waals surface area contributed by atoms with Crippen molar-refractivity contribution in [3.05, 3.63) is 41.3 Å². The van der Waals surface area contributed by atoms with Crippen LogP contribution in [0.1, 0.15) is 0 Å². The molecule has 0 atom stereocenters. The van der Waals surface area contributed by atoms with Gasteiger partial charge in [-0.1, -0.05) is 18.2 Å². The van der Waals surface area contributed by atoms with Crippen LogP contribution in [0.15, 0.2) is 41.6 Å². The minimum Gasteiger partial charge on any atom is -0.226 e. The van der Waals surface area contributed by atoms with Crippen LogP contribution in [-0.2, 0) is 0 Å². The molecule has 3 heteroatoms. The van der Waals surface area contributed by atoms with Crippen molar-refractivity contribution < 1.29 is 0 Å². The lowest BCUT2D eigenvalue weighted by Gasteiger charge is -1.94. The summed E-state index contributed by atoms with van der Waals surface area (Å²) in [5, 5.41) is 3.78. The van der Waals surface area contributed by atoms with Crippen molar-refractivity contribution in [2.45, 2.75) is 0 Å². The lowest BCUT2D eigenvalue weighted by atomic mass is 10.2. The molecule has 58 valence electrons. The van der Waals surface area contributed by atoms with E-state index in [4.69, 9.17) is 0 Å². The molecule has 3 nitrogen and oxygen atoms in total. The Bertz CT molecular complexity index is 426. The van der Waals surface area contributed by atoms with Gasteiger partial charge in [-0.2, -0.15) is 0 Å². The molecule has 2 rings (SSSR count). The van der Waals surface area contributed by atoms with Gasteiger partial charge in [0, 0.05) is 5.39 Å². The highest BCUT2D eigenvalue weighted by Gasteiger charge is 1.95. The maximum atomic E-state index is 10.1. The van der Waals surface area contributed by atoms with Crippen molar-refractivity contribution in [3.8, 4) is 0 Å². The highest BCUT2D eigenvalue weighted by atomic mass is 16.3. The Hall–Kier alpha value is -1.77. The van der Waals surface area contributed by atoms with E-state index in [1.54, 1.807) is 6.07 Å². The molecule has 0 radical (unpaired) electrons. The molecule has 0 spiro atoms. The molecule has 0 unspecified atom stereocenters. The molecule has 0 saturated heterocycles. The molecule has 0 amide bonds. The zero-order chi connectivity index (χ0) is 8.39. The summed E-state index contributed by atoms with van der Waals surface area (Å²) in [5.74, 6) is 0.230. The van der Waals surface area contributed by atoms with E-state index in [0.717, 1.165) is 10.9 Å². The third-order valence-corrected chi connectivity index (χ3v) is 1.68. The minimum atomic E-state index is 0.230. The van der Waals surface area contributed by atoms with Gasteiger partial charge in [-0.15, -0.1) is 4.91 Å². The van der Waals surface area contributed by atoms with Crippen LogP contribution in [0, 0.1) is 4.91 Å². The van der Waals surface area contributed by atoms with Crippen LogP contribution >= 0.6 is 0 Å². The molecule has 0 N–H and O–H groups in total. The predicted octanol–water partition coefficient (Wildman–Crippen LogP) is 2.63. The zero-order valence-electron chi connectivity index (χ0n) is 6.27. The number of rotatable bonds is 1. The number of pyridine rings is 1. The summed E-state index contributed by atoms with van der Waals surface area (Å²) in [5.41, 5.74) is 0.801. The Morgan fingerprint density at radius 2 is 1.92 bits per heavy atom. The molecule has 1 aromatic carbocycles. The largest absolute Gasteiger partial charge is 0.226 e. The van der Waals surface area contributed by atoms with E-state index in [9.17, 15) is 4.91 Å². The van der Waals surface area contributed by atoms with Crippen LogP contribution in [0.5, 0.6) is 0 Å². The van der Waals surface area contributed by atoms with Crippen LogP contribution in [0.3, 0.4) is 0 Å². The van der Waals surface area contributed by atoms with E-state index >= 15 is 0 Å². The summed E-state index contributed by atoms with van der Waals surface area (Å²) in [6.45, 7) is 0. The van der Waals surface area contributed by atoms with Crippen LogP contribution in [0.2, 0.25) is 0 Å². The van der Waals surface area contributed by atoms with Gasteiger partial charge in [-0.05, 0) is 23.4 Å². The van der Waals surface area contributed by atoms with Gasteiger partial charge >= 0.3 is 0 Å². The van der Waals surface area contributed by atoms with E-state index in [1.165, 1.54) is 0 Å². The number of nitrogens with zero attached hydrogens (tertiary/aromatic N) is 2. The van der Waals surface area contributed by atoms with Gasteiger partial charge in [0.05, 0.1) is 5.52 Å². The molecule has 0 bridgehead atoms. The van der Waals surface area contributed by atoms with Gasteiger partial charge in [-0.25, -0.2) is 4.98 Å². The lowest BCUT2D eigenvalue weighted by Crippen LogP contribution is -1.76. The van der Waals surface area contributed by atoms with Crippen molar-refractivity contribution in [2.75, 3.05) is 0 Å². The quantitative estimate of drug-likeness (QED) is 0.598. The van der Waals surface area contributed by atoms with Crippen molar-refractivity contribution in [2.24, 2.45) is 5.18 Å². The predicted molar refractivity (Wildman–Crippen MR) is 47.2 cm³/mol. The number of hydrogen-bond acceptors (Lipinski definition) is 3. The average Bonchev–Trinajstić information content (AvgIpc) is 2.17. The Balaban J connectivity index is 2.75. The minimum absolute atomic E-state index is 0.230. The fraction of sp³-hybridized carbons (Fsp3) is 0. The highest BCUT2D eigenvalue weighted by molar-refractivity contribution is 5.79. The Labute approximate surface area is 69.0 Å². The monoisotopic (exact) mass is 158 g/mol. The SMILES string of the molecule is O=Nc1ccc2ccccc2n1. The molecule has 0 aliphatic carbocycles. The van der Waals surface area contributed by atoms with Crippen molar-refractivity contribution >= 4 is 16.7 Å². The van der Waals surface area contributed by atoms with Gasteiger partial charge in [0.1, 0.15) is 0 Å². The number of hydrogen-bond donors (Lipinski definition) is 0. The van der Waals surface area contributed by atoms with Gasteiger partial charge in [0.2, 0.25) is 0 Å². The molecular formula is C9H6N2O. The van der Waals surface area contributed by atoms with Crippen molar-refractivity contribution in [1.29, 1.82) is 0 Å². The Kier molecular flexibility index (Phi) is 1.55. The summed E-state index contributed by atoms with van der Waals surface area (Å²) in [6.07, 6.45) is 0. The molecule has 2 aromatic rings. The first-order valence-corrected chi connectivity index (χ1v) is 3.59. The number of benzene rings is 1. The standard InChI is InChI=1S/C9H6N2O/c12-11-9-6-5-7-3-1-2-4-8(7)10-9/h1-6H. The maximum Gasteiger partial charge on any atom is 0.197 e. The first-order chi connectivity index (χ1) is 5.90. The van der Waals surface area contributed by atoms with Crippen molar-refractivity contribution in [3.63, 3.8) is 0 Å². The molecule has 0 fully saturated rings. The van der Waals surface area contributed by atoms with Crippen molar-refractivity contribution in [1.82, 2.24) is 4.98 Å². The Morgan fingerprint density at radius 3 is 2.75 bits per heavy atom. The highest BCUT2D eigenvalue weighted by Crippen LogP contribution is 2.15. The number of fused-ring (bicyclic) bond motifs is 1. The van der Waals surface area contributed by atoms with E-state index in [-0.39, 0.29) is 5.82 Å². The van der Waals surface area contributed by atoms with Gasteiger partial charge in [-0.3, -0.25) is 0 Å². The molecule has 1 aromatic heterocycles. The van der Waals surface area contributed by atoms with Gasteiger partial charge < -0.3 is 0 Å². The average molecular weight is 158 g/mol. The van der Waals surface area contributed by atoms with Crippen LogP contribution < -0.4 is 0 Å². The lowest BCUT2D eigenvalue weighted by molar-refractivity contribution is 1.32. The summed E-state index contributed by atoms with van der Waals surface area (Å²) >= 11 is 0. The maximum absolute atomic E-state index is 10.1. The molecule has 1 heterocycles. The van der Waals surface area contributed by atoms with Crippen LogP contribution in [0.25, 0.3) is 10.9 Å². The zero-order valence-corrected chi connectivity index (χ0v) is 6.27. The van der Waals surface area contributed by atoms with E-state index in [2.05, 4.69) is 10.2 Å². The third-order valence-electron chi connectivity index (χ3n) is 1.68. The van der Waals surface area contributed by atoms with Gasteiger partial charge in [0.15, 0.2) is 5.82 Å².